The molecule has 1 aliphatic rings. The van der Waals surface area contributed by atoms with E-state index in [1.54, 1.807) is 6.07 Å². The number of rotatable bonds is 11. The number of nitrogens with zero attached hydrogens (tertiary/aromatic N) is 5. The fourth-order valence-corrected chi connectivity index (χ4v) is 4.56. The third-order valence-electron chi connectivity index (χ3n) is 6.80. The summed E-state index contributed by atoms with van der Waals surface area (Å²) in [5.41, 5.74) is 12.3. The number of imidazole rings is 1. The molecule has 0 saturated heterocycles. The molecule has 220 valence electrons. The van der Waals surface area contributed by atoms with Crippen LogP contribution in [0.4, 0.5) is 5.82 Å². The van der Waals surface area contributed by atoms with Gasteiger partial charge in [-0.3, -0.25) is 9.59 Å². The average Bonchev–Trinajstić information content (AvgIpc) is 3.73. The molecule has 1 saturated carbocycles. The van der Waals surface area contributed by atoms with Crippen molar-refractivity contribution in [1.82, 2.24) is 19.4 Å². The van der Waals surface area contributed by atoms with Crippen molar-refractivity contribution in [2.45, 2.75) is 58.6 Å². The largest absolute Gasteiger partial charge is 0.483 e. The van der Waals surface area contributed by atoms with Crippen LogP contribution in [0.5, 0.6) is 5.88 Å². The van der Waals surface area contributed by atoms with Crippen molar-refractivity contribution in [2.24, 2.45) is 10.9 Å². The van der Waals surface area contributed by atoms with Crippen molar-refractivity contribution < 1.29 is 29.7 Å². The molecule has 13 heteroatoms. The summed E-state index contributed by atoms with van der Waals surface area (Å²) in [7, 11) is 0. The Morgan fingerprint density at radius 2 is 1.88 bits per heavy atom. The van der Waals surface area contributed by atoms with E-state index in [0.717, 1.165) is 28.0 Å². The van der Waals surface area contributed by atoms with Gasteiger partial charge in [0, 0.05) is 37.0 Å². The molecule has 6 N–H and O–H groups in total. The Morgan fingerprint density at radius 3 is 2.52 bits per heavy atom. The molecule has 0 spiro atoms. The molecule has 3 aromatic heterocycles. The maximum absolute atomic E-state index is 11.1. The fraction of sp³-hybridized carbons (Fsp3) is 0.310. The zero-order valence-electron chi connectivity index (χ0n) is 23.3. The van der Waals surface area contributed by atoms with E-state index in [9.17, 15) is 4.79 Å². The first-order valence-corrected chi connectivity index (χ1v) is 13.3. The Labute approximate surface area is 241 Å². The van der Waals surface area contributed by atoms with Crippen LogP contribution >= 0.6 is 0 Å². The van der Waals surface area contributed by atoms with E-state index >= 15 is 0 Å². The maximum Gasteiger partial charge on any atom is 0.303 e. The summed E-state index contributed by atoms with van der Waals surface area (Å²) < 4.78 is 8.01. The highest BCUT2D eigenvalue weighted by atomic mass is 16.5. The summed E-state index contributed by atoms with van der Waals surface area (Å²) in [6, 6.07) is 9.56. The summed E-state index contributed by atoms with van der Waals surface area (Å²) in [5, 5.41) is 31.4. The van der Waals surface area contributed by atoms with Gasteiger partial charge in [0.05, 0.1) is 12.1 Å². The molecule has 5 rings (SSSR count). The molecular formula is C29H33N7O6. The number of carbonyl (C=O) groups is 2. The molecule has 4 aromatic rings. The van der Waals surface area contributed by atoms with Crippen molar-refractivity contribution in [1.29, 1.82) is 0 Å². The lowest BCUT2D eigenvalue weighted by molar-refractivity contribution is -0.137. The van der Waals surface area contributed by atoms with Crippen LogP contribution in [0.3, 0.4) is 0 Å². The first-order chi connectivity index (χ1) is 20.2. The minimum absolute atomic E-state index is 0.0512. The highest BCUT2D eigenvalue weighted by molar-refractivity contribution is 5.97. The summed E-state index contributed by atoms with van der Waals surface area (Å²) in [4.78, 5) is 33.1. The number of carboxylic acid groups (broad SMARTS) is 2. The van der Waals surface area contributed by atoms with Crippen molar-refractivity contribution in [3.63, 3.8) is 0 Å². The molecule has 42 heavy (non-hydrogen) atoms. The topological polar surface area (TPSA) is 198 Å². The summed E-state index contributed by atoms with van der Waals surface area (Å²) in [6.45, 7) is 4.32. The second-order valence-electron chi connectivity index (χ2n) is 9.96. The molecule has 1 aliphatic carbocycles. The maximum atomic E-state index is 11.1. The van der Waals surface area contributed by atoms with Gasteiger partial charge >= 0.3 is 5.97 Å². The smallest absolute Gasteiger partial charge is 0.303 e. The van der Waals surface area contributed by atoms with Crippen molar-refractivity contribution in [3.05, 3.63) is 82.1 Å². The Balaban J connectivity index is 0.00000129. The van der Waals surface area contributed by atoms with Gasteiger partial charge in [-0.05, 0) is 73.1 Å². The predicted molar refractivity (Wildman–Crippen MR) is 154 cm³/mol. The molecule has 0 amide bonds. The average molecular weight is 576 g/mol. The lowest BCUT2D eigenvalue weighted by atomic mass is 9.99. The molecule has 0 bridgehead atoms. The third-order valence-corrected chi connectivity index (χ3v) is 6.80. The van der Waals surface area contributed by atoms with Crippen molar-refractivity contribution in [3.8, 4) is 5.88 Å². The van der Waals surface area contributed by atoms with E-state index in [-0.39, 0.29) is 31.8 Å². The molecule has 1 aromatic carbocycles. The minimum Gasteiger partial charge on any atom is -0.483 e. The van der Waals surface area contributed by atoms with E-state index < -0.39 is 5.97 Å². The normalized spacial score (nSPS) is 12.9. The summed E-state index contributed by atoms with van der Waals surface area (Å²) >= 11 is 0. The number of amidine groups is 1. The standard InChI is InChI=1S/C28H31N7O4.CH2O2/c1-16-9-20(28(29)34-38)10-17(2)22(16)12-30-24-11-26(33-23(32-24)6-8-27(36)37)39-15-21-14-35-13-19(18-3-4-18)5-7-25(35)31-21;2-1-3/h5,7,9-11,13-14,18,38H,3-4,6,8,12,15H2,1-2H3,(H2,29,34)(H,36,37)(H,30,32,33);1H,(H,2,3). The molecule has 3 heterocycles. The van der Waals surface area contributed by atoms with E-state index in [2.05, 4.69) is 37.7 Å². The van der Waals surface area contributed by atoms with Gasteiger partial charge in [0.1, 0.15) is 23.9 Å². The summed E-state index contributed by atoms with van der Waals surface area (Å²) in [5.74, 6) is 1.01. The highest BCUT2D eigenvalue weighted by Crippen LogP contribution is 2.39. The number of nitrogens with two attached hydrogens (primary N) is 1. The third kappa shape index (κ3) is 7.71. The number of hydrogen-bond acceptors (Lipinski definition) is 9. The number of hydrogen-bond donors (Lipinski definition) is 5. The Bertz CT molecular complexity index is 1590. The number of carboxylic acids is 1. The molecule has 0 atom stereocenters. The van der Waals surface area contributed by atoms with Gasteiger partial charge in [0.25, 0.3) is 6.47 Å². The zero-order valence-corrected chi connectivity index (χ0v) is 23.3. The molecular weight excluding hydrogens is 542 g/mol. The van der Waals surface area contributed by atoms with Gasteiger partial charge in [0.2, 0.25) is 5.88 Å². The SMILES string of the molecule is Cc1cc(C(N)=NO)cc(C)c1CNc1cc(OCc2cn3cc(C4CC4)ccc3n2)nc(CCC(=O)O)n1.O=CO. The monoisotopic (exact) mass is 575 g/mol. The van der Waals surface area contributed by atoms with Gasteiger partial charge in [-0.15, -0.1) is 0 Å². The van der Waals surface area contributed by atoms with Crippen LogP contribution in [-0.2, 0) is 29.2 Å². The number of ether oxygens (including phenoxy) is 1. The highest BCUT2D eigenvalue weighted by Gasteiger charge is 2.23. The van der Waals surface area contributed by atoms with Gasteiger partial charge < -0.3 is 35.6 Å². The van der Waals surface area contributed by atoms with Crippen molar-refractivity contribution in [2.75, 3.05) is 5.32 Å². The van der Waals surface area contributed by atoms with Gasteiger partial charge in [-0.1, -0.05) is 11.2 Å². The number of aromatic nitrogens is 4. The molecule has 0 unspecified atom stereocenters. The van der Waals surface area contributed by atoms with Crippen LogP contribution < -0.4 is 15.8 Å². The van der Waals surface area contributed by atoms with Crippen LogP contribution in [0.25, 0.3) is 5.65 Å². The van der Waals surface area contributed by atoms with E-state index in [4.69, 9.17) is 30.7 Å². The zero-order chi connectivity index (χ0) is 30.2. The number of anilines is 1. The van der Waals surface area contributed by atoms with Crippen molar-refractivity contribution >= 4 is 29.7 Å². The molecule has 0 radical (unpaired) electrons. The number of aliphatic carboxylic acids is 1. The van der Waals surface area contributed by atoms with E-state index in [1.807, 2.05) is 42.6 Å². The van der Waals surface area contributed by atoms with Crippen LogP contribution in [0.15, 0.2) is 47.9 Å². The second kappa shape index (κ2) is 13.4. The van der Waals surface area contributed by atoms with Crippen LogP contribution in [0, 0.1) is 13.8 Å². The number of aryl methyl sites for hydroxylation is 3. The van der Waals surface area contributed by atoms with E-state index in [1.165, 1.54) is 18.4 Å². The lowest BCUT2D eigenvalue weighted by Crippen LogP contribution is -2.15. The van der Waals surface area contributed by atoms with Gasteiger partial charge in [-0.25, -0.2) is 9.97 Å². The van der Waals surface area contributed by atoms with E-state index in [0.29, 0.717) is 35.5 Å². The number of benzene rings is 1. The number of oxime groups is 1. The van der Waals surface area contributed by atoms with Crippen LogP contribution in [0.2, 0.25) is 0 Å². The Hall–Kier alpha value is -5.20. The first-order valence-electron chi connectivity index (χ1n) is 13.3. The fourth-order valence-electron chi connectivity index (χ4n) is 4.56. The number of pyridine rings is 1. The van der Waals surface area contributed by atoms with Gasteiger partial charge in [0.15, 0.2) is 5.84 Å². The van der Waals surface area contributed by atoms with Gasteiger partial charge in [-0.2, -0.15) is 4.98 Å². The molecule has 1 fully saturated rings. The summed E-state index contributed by atoms with van der Waals surface area (Å²) in [6.07, 6.45) is 6.64. The Kier molecular flexibility index (Phi) is 9.53. The number of nitrogens with one attached hydrogen (secondary N) is 1. The minimum atomic E-state index is -0.924. The lowest BCUT2D eigenvalue weighted by Gasteiger charge is -2.15. The first kappa shape index (κ1) is 29.8. The molecule has 0 aliphatic heterocycles. The predicted octanol–water partition coefficient (Wildman–Crippen LogP) is 3.62. The number of fused-ring (bicyclic) bond motifs is 1. The quantitative estimate of drug-likeness (QED) is 0.0575. The second-order valence-corrected chi connectivity index (χ2v) is 9.96. The Morgan fingerprint density at radius 1 is 1.17 bits per heavy atom. The van der Waals surface area contributed by atoms with Crippen LogP contribution in [-0.4, -0.2) is 53.1 Å². The van der Waals surface area contributed by atoms with Crippen LogP contribution in [0.1, 0.15) is 64.5 Å². The molecule has 13 nitrogen and oxygen atoms in total.